The molecule has 0 aliphatic carbocycles. The van der Waals surface area contributed by atoms with Crippen LogP contribution in [0.5, 0.6) is 0 Å². The average Bonchev–Trinajstić information content (AvgIpc) is 2.27. The highest BCUT2D eigenvalue weighted by Crippen LogP contribution is 2.30. The smallest absolute Gasteiger partial charge is 0.269 e. The number of benzene rings is 1. The van der Waals surface area contributed by atoms with E-state index in [1.165, 1.54) is 25.1 Å². The molecule has 0 radical (unpaired) electrons. The Kier molecular flexibility index (Phi) is 4.05. The van der Waals surface area contributed by atoms with Crippen LogP contribution < -0.4 is 0 Å². The van der Waals surface area contributed by atoms with Crippen molar-refractivity contribution in [2.24, 2.45) is 0 Å². The summed E-state index contributed by atoms with van der Waals surface area (Å²) in [6.07, 6.45) is 0.728. The highest BCUT2D eigenvalue weighted by Gasteiger charge is 2.33. The maximum absolute atomic E-state index is 11.1. The van der Waals surface area contributed by atoms with Crippen LogP contribution in [-0.2, 0) is 20.1 Å². The summed E-state index contributed by atoms with van der Waals surface area (Å²) in [7, 11) is -3.89. The number of nitrogens with zero attached hydrogens (tertiary/aromatic N) is 1. The number of nitro benzene ring substituents is 1. The van der Waals surface area contributed by atoms with E-state index in [2.05, 4.69) is 4.18 Å². The third-order valence-corrected chi connectivity index (χ3v) is 2.85. The van der Waals surface area contributed by atoms with Crippen molar-refractivity contribution in [3.05, 3.63) is 39.9 Å². The van der Waals surface area contributed by atoms with Gasteiger partial charge in [-0.2, -0.15) is 8.42 Å². The Morgan fingerprint density at radius 3 is 2.56 bits per heavy atom. The van der Waals surface area contributed by atoms with E-state index in [0.717, 1.165) is 12.3 Å². The van der Waals surface area contributed by atoms with E-state index in [4.69, 9.17) is 0 Å². The predicted molar refractivity (Wildman–Crippen MR) is 63.2 cm³/mol. The van der Waals surface area contributed by atoms with Crippen molar-refractivity contribution in [3.8, 4) is 0 Å². The average molecular weight is 275 g/mol. The van der Waals surface area contributed by atoms with E-state index in [9.17, 15) is 23.6 Å². The standard InChI is InChI=1S/C10H13NO6S/c1-3-10(12,17-18(2,15)16)8-5-4-6-9(7-8)11(13)14/h4-7,12H,3H2,1-2H3/t10-/m0/s1. The fourth-order valence-corrected chi connectivity index (χ4v) is 2.14. The Labute approximate surface area is 104 Å². The summed E-state index contributed by atoms with van der Waals surface area (Å²) < 4.78 is 26.8. The minimum Gasteiger partial charge on any atom is -0.361 e. The minimum absolute atomic E-state index is 0.0182. The Bertz CT molecular complexity index is 555. The van der Waals surface area contributed by atoms with Crippen LogP contribution in [-0.4, -0.2) is 24.7 Å². The molecule has 0 aliphatic rings. The molecule has 0 saturated carbocycles. The normalized spacial score (nSPS) is 15.1. The van der Waals surface area contributed by atoms with E-state index in [1.807, 2.05) is 0 Å². The van der Waals surface area contributed by atoms with Crippen molar-refractivity contribution in [2.75, 3.05) is 6.26 Å². The van der Waals surface area contributed by atoms with Crippen LogP contribution in [0.2, 0.25) is 0 Å². The first-order valence-electron chi connectivity index (χ1n) is 5.06. The molecule has 1 atom stereocenters. The molecule has 8 heteroatoms. The Hall–Kier alpha value is -1.51. The quantitative estimate of drug-likeness (QED) is 0.373. The number of hydrogen-bond acceptors (Lipinski definition) is 6. The predicted octanol–water partition coefficient (Wildman–Crippen LogP) is 1.13. The van der Waals surface area contributed by atoms with Crippen molar-refractivity contribution >= 4 is 15.8 Å². The zero-order valence-electron chi connectivity index (χ0n) is 9.86. The van der Waals surface area contributed by atoms with Gasteiger partial charge < -0.3 is 5.11 Å². The number of rotatable bonds is 5. The molecule has 1 N–H and O–H groups in total. The topological polar surface area (TPSA) is 107 Å². The van der Waals surface area contributed by atoms with Crippen molar-refractivity contribution in [3.63, 3.8) is 0 Å². The van der Waals surface area contributed by atoms with E-state index in [1.54, 1.807) is 0 Å². The van der Waals surface area contributed by atoms with Gasteiger partial charge in [-0.1, -0.05) is 19.1 Å². The summed E-state index contributed by atoms with van der Waals surface area (Å²) in [4.78, 5) is 9.98. The molecule has 7 nitrogen and oxygen atoms in total. The summed E-state index contributed by atoms with van der Waals surface area (Å²) in [6, 6.07) is 5.02. The van der Waals surface area contributed by atoms with E-state index in [-0.39, 0.29) is 17.7 Å². The van der Waals surface area contributed by atoms with E-state index in [0.29, 0.717) is 0 Å². The van der Waals surface area contributed by atoms with Gasteiger partial charge >= 0.3 is 0 Å². The van der Waals surface area contributed by atoms with Gasteiger partial charge in [0, 0.05) is 24.1 Å². The van der Waals surface area contributed by atoms with Crippen LogP contribution in [0.3, 0.4) is 0 Å². The molecule has 0 spiro atoms. The van der Waals surface area contributed by atoms with Crippen molar-refractivity contribution < 1.29 is 22.6 Å². The lowest BCUT2D eigenvalue weighted by molar-refractivity contribution is -0.385. The molecule has 0 aromatic heterocycles. The molecule has 100 valence electrons. The fourth-order valence-electron chi connectivity index (χ4n) is 1.42. The van der Waals surface area contributed by atoms with E-state index < -0.39 is 20.8 Å². The van der Waals surface area contributed by atoms with Gasteiger partial charge in [-0.3, -0.25) is 10.1 Å². The molecule has 0 bridgehead atoms. The molecule has 0 fully saturated rings. The molecule has 18 heavy (non-hydrogen) atoms. The SMILES string of the molecule is CC[C@](O)(OS(C)(=O)=O)c1cccc([N+](=O)[O-])c1. The number of non-ortho nitro benzene ring substituents is 1. The molecule has 0 unspecified atom stereocenters. The number of nitro groups is 1. The first-order chi connectivity index (χ1) is 8.18. The lowest BCUT2D eigenvalue weighted by Crippen LogP contribution is -2.31. The van der Waals surface area contributed by atoms with Gasteiger partial charge in [0.15, 0.2) is 0 Å². The van der Waals surface area contributed by atoms with E-state index >= 15 is 0 Å². The molecule has 0 amide bonds. The maximum atomic E-state index is 11.1. The first-order valence-corrected chi connectivity index (χ1v) is 6.87. The minimum atomic E-state index is -3.89. The van der Waals surface area contributed by atoms with Gasteiger partial charge in [0.1, 0.15) is 0 Å². The van der Waals surface area contributed by atoms with Crippen LogP contribution in [0.4, 0.5) is 5.69 Å². The zero-order valence-corrected chi connectivity index (χ0v) is 10.7. The Morgan fingerprint density at radius 1 is 1.50 bits per heavy atom. The highest BCUT2D eigenvalue weighted by atomic mass is 32.2. The van der Waals surface area contributed by atoms with Crippen LogP contribution >= 0.6 is 0 Å². The molecule has 0 aliphatic heterocycles. The third kappa shape index (κ3) is 3.49. The van der Waals surface area contributed by atoms with Gasteiger partial charge in [0.05, 0.1) is 11.2 Å². The van der Waals surface area contributed by atoms with Crippen molar-refractivity contribution in [2.45, 2.75) is 19.1 Å². The van der Waals surface area contributed by atoms with Gasteiger partial charge in [-0.05, 0) is 0 Å². The number of aliphatic hydroxyl groups is 1. The molecule has 1 rings (SSSR count). The van der Waals surface area contributed by atoms with Gasteiger partial charge in [0.25, 0.3) is 15.8 Å². The summed E-state index contributed by atoms with van der Waals surface area (Å²) >= 11 is 0. The summed E-state index contributed by atoms with van der Waals surface area (Å²) in [5.74, 6) is -2.10. The van der Waals surface area contributed by atoms with Crippen molar-refractivity contribution in [1.29, 1.82) is 0 Å². The molecular weight excluding hydrogens is 262 g/mol. The van der Waals surface area contributed by atoms with Crippen LogP contribution in [0, 0.1) is 10.1 Å². The van der Waals surface area contributed by atoms with Crippen LogP contribution in [0.1, 0.15) is 18.9 Å². The summed E-state index contributed by atoms with van der Waals surface area (Å²) in [5, 5.41) is 20.7. The second-order valence-corrected chi connectivity index (χ2v) is 5.31. The monoisotopic (exact) mass is 275 g/mol. The lowest BCUT2D eigenvalue weighted by Gasteiger charge is -2.25. The number of hydrogen-bond donors (Lipinski definition) is 1. The highest BCUT2D eigenvalue weighted by molar-refractivity contribution is 7.86. The molecule has 0 heterocycles. The first kappa shape index (κ1) is 14.6. The zero-order chi connectivity index (χ0) is 14.0. The van der Waals surface area contributed by atoms with Gasteiger partial charge in [-0.15, -0.1) is 0 Å². The lowest BCUT2D eigenvalue weighted by atomic mass is 10.0. The molecule has 1 aromatic carbocycles. The third-order valence-electron chi connectivity index (χ3n) is 2.28. The molecule has 0 saturated heterocycles. The maximum Gasteiger partial charge on any atom is 0.269 e. The second-order valence-electron chi connectivity index (χ2n) is 3.73. The molecular formula is C10H13NO6S. The Morgan fingerprint density at radius 2 is 2.11 bits per heavy atom. The van der Waals surface area contributed by atoms with Crippen LogP contribution in [0.25, 0.3) is 0 Å². The summed E-state index contributed by atoms with van der Waals surface area (Å²) in [5.41, 5.74) is -0.235. The molecule has 1 aromatic rings. The van der Waals surface area contributed by atoms with Crippen molar-refractivity contribution in [1.82, 2.24) is 0 Å². The fraction of sp³-hybridized carbons (Fsp3) is 0.400. The van der Waals surface area contributed by atoms with Gasteiger partial charge in [0.2, 0.25) is 5.79 Å². The van der Waals surface area contributed by atoms with Gasteiger partial charge in [-0.25, -0.2) is 4.18 Å². The second kappa shape index (κ2) is 5.01. The Balaban J connectivity index is 3.23. The summed E-state index contributed by atoms with van der Waals surface area (Å²) in [6.45, 7) is 1.50. The largest absolute Gasteiger partial charge is 0.361 e. The van der Waals surface area contributed by atoms with Crippen LogP contribution in [0.15, 0.2) is 24.3 Å².